The highest BCUT2D eigenvalue weighted by atomic mass is 79.9. The molecule has 3 aromatic rings. The molecule has 1 aliphatic heterocycles. The number of benzene rings is 3. The summed E-state index contributed by atoms with van der Waals surface area (Å²) in [6.45, 7) is 0. The van der Waals surface area contributed by atoms with Gasteiger partial charge in [0.25, 0.3) is 0 Å². The van der Waals surface area contributed by atoms with E-state index in [9.17, 15) is 9.59 Å². The molecule has 1 heterocycles. The summed E-state index contributed by atoms with van der Waals surface area (Å²) in [6.07, 6.45) is -0.758. The fourth-order valence-electron chi connectivity index (χ4n) is 4.01. The average molecular weight is 431 g/mol. The molecule has 4 heteroatoms. The molecule has 2 aliphatic rings. The van der Waals surface area contributed by atoms with Gasteiger partial charge in [0.05, 0.1) is 11.5 Å². The molecule has 0 saturated carbocycles. The van der Waals surface area contributed by atoms with Crippen molar-refractivity contribution in [2.75, 3.05) is 0 Å². The molecule has 0 fully saturated rings. The Kier molecular flexibility index (Phi) is 4.02. The maximum absolute atomic E-state index is 13.3. The van der Waals surface area contributed by atoms with Crippen LogP contribution in [0.2, 0.25) is 0 Å². The van der Waals surface area contributed by atoms with Gasteiger partial charge in [-0.15, -0.1) is 0 Å². The van der Waals surface area contributed by atoms with Crippen molar-refractivity contribution < 1.29 is 14.3 Å². The minimum atomic E-state index is -0.758. The maximum Gasteiger partial charge on any atom is 0.204 e. The molecule has 136 valence electrons. The summed E-state index contributed by atoms with van der Waals surface area (Å²) >= 11 is 3.45. The van der Waals surface area contributed by atoms with E-state index in [1.54, 1.807) is 12.1 Å². The van der Waals surface area contributed by atoms with Gasteiger partial charge in [0.15, 0.2) is 11.9 Å². The Labute approximate surface area is 170 Å². The number of carbonyl (C=O) groups excluding carboxylic acids is 2. The second kappa shape index (κ2) is 6.57. The molecular formula is C24H15BrO3. The third-order valence-electron chi connectivity index (χ3n) is 5.31. The topological polar surface area (TPSA) is 43.4 Å². The van der Waals surface area contributed by atoms with Gasteiger partial charge >= 0.3 is 0 Å². The Hall–Kier alpha value is -2.98. The van der Waals surface area contributed by atoms with Gasteiger partial charge in [-0.1, -0.05) is 82.7 Å². The summed E-state index contributed by atoms with van der Waals surface area (Å²) in [7, 11) is 0. The van der Waals surface area contributed by atoms with Crippen LogP contribution in [0.15, 0.2) is 88.9 Å². The predicted octanol–water partition coefficient (Wildman–Crippen LogP) is 5.42. The average Bonchev–Trinajstić information content (AvgIpc) is 3.25. The molecule has 0 unspecified atom stereocenters. The van der Waals surface area contributed by atoms with Crippen LogP contribution in [0, 0.1) is 0 Å². The van der Waals surface area contributed by atoms with E-state index in [2.05, 4.69) is 15.9 Å². The van der Waals surface area contributed by atoms with Crippen LogP contribution in [0.3, 0.4) is 0 Å². The summed E-state index contributed by atoms with van der Waals surface area (Å²) in [5.74, 6) is -0.0615. The third kappa shape index (κ3) is 2.56. The van der Waals surface area contributed by atoms with Crippen LogP contribution in [-0.2, 0) is 4.74 Å². The number of halogens is 1. The molecular weight excluding hydrogens is 416 g/mol. The van der Waals surface area contributed by atoms with E-state index < -0.39 is 12.0 Å². The summed E-state index contributed by atoms with van der Waals surface area (Å²) < 4.78 is 7.13. The van der Waals surface area contributed by atoms with Crippen molar-refractivity contribution in [1.29, 1.82) is 0 Å². The van der Waals surface area contributed by atoms with Gasteiger partial charge in [0.2, 0.25) is 5.78 Å². The van der Waals surface area contributed by atoms with Crippen LogP contribution in [-0.4, -0.2) is 17.7 Å². The molecule has 0 spiro atoms. The first-order valence-electron chi connectivity index (χ1n) is 9.05. The van der Waals surface area contributed by atoms with Gasteiger partial charge in [0, 0.05) is 21.2 Å². The minimum absolute atomic E-state index is 0.0538. The Morgan fingerprint density at radius 3 is 2.18 bits per heavy atom. The molecule has 0 amide bonds. The van der Waals surface area contributed by atoms with Gasteiger partial charge in [-0.05, 0) is 17.7 Å². The van der Waals surface area contributed by atoms with E-state index in [0.29, 0.717) is 22.5 Å². The van der Waals surface area contributed by atoms with Crippen molar-refractivity contribution in [3.8, 4) is 0 Å². The lowest BCUT2D eigenvalue weighted by molar-refractivity contribution is 0.0750. The maximum atomic E-state index is 13.3. The predicted molar refractivity (Wildman–Crippen MR) is 110 cm³/mol. The highest BCUT2D eigenvalue weighted by Crippen LogP contribution is 2.50. The number of ketones is 2. The second-order valence-electron chi connectivity index (χ2n) is 6.92. The first-order chi connectivity index (χ1) is 13.6. The first-order valence-corrected chi connectivity index (χ1v) is 9.84. The molecule has 5 rings (SSSR count). The molecule has 28 heavy (non-hydrogen) atoms. The minimum Gasteiger partial charge on any atom is -0.480 e. The van der Waals surface area contributed by atoms with E-state index in [1.165, 1.54) is 0 Å². The zero-order chi connectivity index (χ0) is 19.3. The molecule has 3 aromatic carbocycles. The zero-order valence-electron chi connectivity index (χ0n) is 14.8. The fraction of sp³-hybridized carbons (Fsp3) is 0.0833. The monoisotopic (exact) mass is 430 g/mol. The largest absolute Gasteiger partial charge is 0.480 e. The molecule has 0 saturated heterocycles. The van der Waals surface area contributed by atoms with Crippen molar-refractivity contribution in [2.24, 2.45) is 0 Å². The van der Waals surface area contributed by atoms with Crippen molar-refractivity contribution in [3.63, 3.8) is 0 Å². The Balaban J connectivity index is 1.64. The summed E-state index contributed by atoms with van der Waals surface area (Å²) in [4.78, 5) is 26.5. The summed E-state index contributed by atoms with van der Waals surface area (Å²) in [5, 5.41) is 0. The van der Waals surface area contributed by atoms with Crippen molar-refractivity contribution >= 4 is 33.3 Å². The Bertz CT molecular complexity index is 1130. The van der Waals surface area contributed by atoms with E-state index in [0.717, 1.165) is 15.6 Å². The van der Waals surface area contributed by atoms with E-state index in [-0.39, 0.29) is 11.6 Å². The lowest BCUT2D eigenvalue weighted by atomic mass is 9.83. The van der Waals surface area contributed by atoms with Crippen LogP contribution >= 0.6 is 15.9 Å². The lowest BCUT2D eigenvalue weighted by Gasteiger charge is -2.22. The number of ether oxygens (including phenoxy) is 1. The molecule has 0 bridgehead atoms. The number of fused-ring (bicyclic) bond motifs is 2. The normalized spacial score (nSPS) is 20.0. The summed E-state index contributed by atoms with van der Waals surface area (Å²) in [6, 6.07) is 24.2. The smallest absolute Gasteiger partial charge is 0.204 e. The SMILES string of the molecule is O=C1C2=C(O[C@@H](C(=O)c3ccccc3)[C@@H]2c2ccc(Br)cc2)c2ccccc21. The van der Waals surface area contributed by atoms with Crippen molar-refractivity contribution in [3.05, 3.63) is 111 Å². The van der Waals surface area contributed by atoms with Gasteiger partial charge < -0.3 is 4.74 Å². The number of hydrogen-bond acceptors (Lipinski definition) is 3. The molecule has 3 nitrogen and oxygen atoms in total. The number of rotatable bonds is 3. The van der Waals surface area contributed by atoms with Crippen LogP contribution in [0.5, 0.6) is 0 Å². The highest BCUT2D eigenvalue weighted by molar-refractivity contribution is 9.10. The van der Waals surface area contributed by atoms with Crippen LogP contribution in [0.25, 0.3) is 5.76 Å². The van der Waals surface area contributed by atoms with Gasteiger partial charge in [-0.2, -0.15) is 0 Å². The highest BCUT2D eigenvalue weighted by Gasteiger charge is 2.49. The van der Waals surface area contributed by atoms with Crippen LogP contribution < -0.4 is 0 Å². The Morgan fingerprint density at radius 2 is 1.46 bits per heavy atom. The molecule has 2 atom stereocenters. The second-order valence-corrected chi connectivity index (χ2v) is 7.83. The molecule has 0 N–H and O–H groups in total. The zero-order valence-corrected chi connectivity index (χ0v) is 16.3. The van der Waals surface area contributed by atoms with E-state index in [4.69, 9.17) is 4.74 Å². The van der Waals surface area contributed by atoms with E-state index >= 15 is 0 Å². The molecule has 1 aliphatic carbocycles. The Morgan fingerprint density at radius 1 is 0.821 bits per heavy atom. The number of Topliss-reactive ketones (excluding diaryl/α,β-unsaturated/α-hetero) is 2. The van der Waals surface area contributed by atoms with Crippen LogP contribution in [0.4, 0.5) is 0 Å². The summed E-state index contributed by atoms with van der Waals surface area (Å²) in [5.41, 5.74) is 3.46. The fourth-order valence-corrected chi connectivity index (χ4v) is 4.28. The van der Waals surface area contributed by atoms with Crippen molar-refractivity contribution in [1.82, 2.24) is 0 Å². The van der Waals surface area contributed by atoms with Gasteiger partial charge in [-0.3, -0.25) is 9.59 Å². The number of carbonyl (C=O) groups is 2. The number of hydrogen-bond donors (Lipinski definition) is 0. The van der Waals surface area contributed by atoms with Crippen molar-refractivity contribution in [2.45, 2.75) is 12.0 Å². The quantitative estimate of drug-likeness (QED) is 0.520. The lowest BCUT2D eigenvalue weighted by Crippen LogP contribution is -2.29. The first kappa shape index (κ1) is 17.1. The molecule has 0 radical (unpaired) electrons. The van der Waals surface area contributed by atoms with E-state index in [1.807, 2.05) is 66.7 Å². The van der Waals surface area contributed by atoms with Gasteiger partial charge in [-0.25, -0.2) is 0 Å². The van der Waals surface area contributed by atoms with Gasteiger partial charge in [0.1, 0.15) is 5.76 Å². The van der Waals surface area contributed by atoms with Crippen LogP contribution in [0.1, 0.15) is 37.8 Å². The standard InChI is InChI=1S/C24H15BrO3/c25-16-12-10-14(11-13-16)19-20-22(27)17-8-4-5-9-18(17)23(20)28-24(19)21(26)15-6-2-1-3-7-15/h1-13,19,24H/t19-,24-/m1/s1. The molecule has 0 aromatic heterocycles. The third-order valence-corrected chi connectivity index (χ3v) is 5.84.